The van der Waals surface area contributed by atoms with Crippen LogP contribution in [0.25, 0.3) is 0 Å². The third kappa shape index (κ3) is 2.28. The van der Waals surface area contributed by atoms with Crippen molar-refractivity contribution < 1.29 is 14.6 Å². The lowest BCUT2D eigenvalue weighted by Crippen LogP contribution is -2.68. The Morgan fingerprint density at radius 1 is 1.44 bits per heavy atom. The Balaban J connectivity index is 1.64. The van der Waals surface area contributed by atoms with Gasteiger partial charge in [0.1, 0.15) is 6.10 Å². The predicted octanol–water partition coefficient (Wildman–Crippen LogP) is 1.87. The molecule has 1 saturated carbocycles. The Bertz CT molecular complexity index is 751. The molecule has 5 atom stereocenters. The largest absolute Gasteiger partial charge is 0.493 e. The summed E-state index contributed by atoms with van der Waals surface area (Å²) in [6, 6.07) is 5.18. The molecule has 2 bridgehead atoms. The van der Waals surface area contributed by atoms with E-state index in [-0.39, 0.29) is 24.2 Å². The molecular formula is C22H30N2O3. The standard InChI is InChI=1S/C22H30N2O3/c1-3-10-24-11-8-22-15-5-6-16(23-9-12-25)21(22)27-20-18(26-2)7-4-14(19(20)22)13-17(15)24/h3-4,7,15-17,21,23,25H,1,5-6,8-13H2,2H3/t15-,16?,17+,21?,22-/m1/s1. The van der Waals surface area contributed by atoms with Crippen LogP contribution in [-0.4, -0.2) is 61.5 Å². The smallest absolute Gasteiger partial charge is 0.165 e. The molecule has 0 amide bonds. The molecule has 0 radical (unpaired) electrons. The molecule has 1 aromatic rings. The zero-order valence-electron chi connectivity index (χ0n) is 16.1. The molecule has 2 N–H and O–H groups in total. The number of aliphatic hydroxyl groups is 1. The molecule has 146 valence electrons. The van der Waals surface area contributed by atoms with E-state index in [2.05, 4.69) is 28.9 Å². The van der Waals surface area contributed by atoms with Gasteiger partial charge >= 0.3 is 0 Å². The van der Waals surface area contributed by atoms with Crippen LogP contribution >= 0.6 is 0 Å². The van der Waals surface area contributed by atoms with E-state index < -0.39 is 0 Å². The number of aliphatic hydroxyl groups excluding tert-OH is 1. The van der Waals surface area contributed by atoms with Crippen LogP contribution in [0.2, 0.25) is 0 Å². The summed E-state index contributed by atoms with van der Waals surface area (Å²) in [5.41, 5.74) is 2.94. The Morgan fingerprint density at radius 3 is 3.11 bits per heavy atom. The number of ether oxygens (including phenoxy) is 2. The van der Waals surface area contributed by atoms with E-state index >= 15 is 0 Å². The molecule has 2 fully saturated rings. The van der Waals surface area contributed by atoms with Crippen molar-refractivity contribution in [1.82, 2.24) is 10.2 Å². The molecule has 1 spiro atoms. The van der Waals surface area contributed by atoms with Gasteiger partial charge in [-0.05, 0) is 49.8 Å². The fraction of sp³-hybridized carbons (Fsp3) is 0.636. The summed E-state index contributed by atoms with van der Waals surface area (Å²) >= 11 is 0. The number of likely N-dealkylation sites (tertiary alicyclic amines) is 1. The van der Waals surface area contributed by atoms with Gasteiger partial charge in [0.25, 0.3) is 0 Å². The van der Waals surface area contributed by atoms with E-state index in [4.69, 9.17) is 9.47 Å². The fourth-order valence-corrected chi connectivity index (χ4v) is 6.63. The molecule has 2 heterocycles. The van der Waals surface area contributed by atoms with Crippen molar-refractivity contribution in [2.24, 2.45) is 5.92 Å². The SMILES string of the molecule is C=CCN1CC[C@@]23c4c5ccc(OC)c4OC2C(NCCO)CC[C@@H]3[C@@H]1C5. The van der Waals surface area contributed by atoms with Crippen LogP contribution in [0.1, 0.15) is 30.4 Å². The molecule has 5 rings (SSSR count). The van der Waals surface area contributed by atoms with E-state index in [0.717, 1.165) is 43.9 Å². The van der Waals surface area contributed by atoms with E-state index in [0.29, 0.717) is 18.5 Å². The molecular weight excluding hydrogens is 340 g/mol. The molecule has 0 aromatic heterocycles. The highest BCUT2D eigenvalue weighted by atomic mass is 16.5. The van der Waals surface area contributed by atoms with Gasteiger partial charge < -0.3 is 19.9 Å². The minimum atomic E-state index is 0.0746. The Kier molecular flexibility index (Phi) is 4.22. The van der Waals surface area contributed by atoms with Crippen molar-refractivity contribution in [3.05, 3.63) is 35.9 Å². The lowest BCUT2D eigenvalue weighted by atomic mass is 9.51. The molecule has 2 aliphatic heterocycles. The van der Waals surface area contributed by atoms with E-state index in [1.54, 1.807) is 7.11 Å². The Hall–Kier alpha value is -1.56. The fourth-order valence-electron chi connectivity index (χ4n) is 6.63. The number of nitrogens with zero attached hydrogens (tertiary/aromatic N) is 1. The first kappa shape index (κ1) is 17.5. The Labute approximate surface area is 161 Å². The van der Waals surface area contributed by atoms with E-state index in [1.165, 1.54) is 17.5 Å². The van der Waals surface area contributed by atoms with Crippen LogP contribution in [0.4, 0.5) is 0 Å². The van der Waals surface area contributed by atoms with Gasteiger partial charge in [-0.3, -0.25) is 4.90 Å². The lowest BCUT2D eigenvalue weighted by molar-refractivity contribution is -0.0619. The van der Waals surface area contributed by atoms with Crippen molar-refractivity contribution in [2.45, 2.75) is 49.3 Å². The highest BCUT2D eigenvalue weighted by molar-refractivity contribution is 5.61. The molecule has 1 aromatic carbocycles. The van der Waals surface area contributed by atoms with Gasteiger partial charge in [-0.15, -0.1) is 6.58 Å². The van der Waals surface area contributed by atoms with E-state index in [1.807, 2.05) is 6.08 Å². The summed E-state index contributed by atoms with van der Waals surface area (Å²) in [6.07, 6.45) is 6.69. The van der Waals surface area contributed by atoms with Gasteiger partial charge in [0.05, 0.1) is 13.7 Å². The van der Waals surface area contributed by atoms with Crippen molar-refractivity contribution in [3.8, 4) is 11.5 Å². The first-order valence-corrected chi connectivity index (χ1v) is 10.3. The molecule has 5 heteroatoms. The predicted molar refractivity (Wildman–Crippen MR) is 105 cm³/mol. The monoisotopic (exact) mass is 370 g/mol. The van der Waals surface area contributed by atoms with Crippen molar-refractivity contribution in [3.63, 3.8) is 0 Å². The second-order valence-corrected chi connectivity index (χ2v) is 8.48. The highest BCUT2D eigenvalue weighted by Gasteiger charge is 2.65. The third-order valence-corrected chi connectivity index (χ3v) is 7.52. The first-order valence-electron chi connectivity index (χ1n) is 10.3. The topological polar surface area (TPSA) is 54.0 Å². The summed E-state index contributed by atoms with van der Waals surface area (Å²) in [4.78, 5) is 2.63. The van der Waals surface area contributed by atoms with Gasteiger partial charge in [-0.1, -0.05) is 12.1 Å². The molecule has 4 aliphatic rings. The summed E-state index contributed by atoms with van der Waals surface area (Å²) in [6.45, 7) is 6.83. The molecule has 1 saturated heterocycles. The summed E-state index contributed by atoms with van der Waals surface area (Å²) in [7, 11) is 1.73. The van der Waals surface area contributed by atoms with Crippen LogP contribution in [0.3, 0.4) is 0 Å². The van der Waals surface area contributed by atoms with Crippen LogP contribution in [0.5, 0.6) is 11.5 Å². The van der Waals surface area contributed by atoms with Crippen molar-refractivity contribution >= 4 is 0 Å². The van der Waals surface area contributed by atoms with Crippen molar-refractivity contribution in [1.29, 1.82) is 0 Å². The van der Waals surface area contributed by atoms with Gasteiger partial charge in [-0.2, -0.15) is 0 Å². The average Bonchev–Trinajstić information content (AvgIpc) is 3.03. The zero-order valence-corrected chi connectivity index (χ0v) is 16.1. The van der Waals surface area contributed by atoms with Crippen LogP contribution < -0.4 is 14.8 Å². The minimum Gasteiger partial charge on any atom is -0.493 e. The number of hydrogen-bond donors (Lipinski definition) is 2. The number of methoxy groups -OCH3 is 1. The maximum atomic E-state index is 9.33. The second kappa shape index (κ2) is 6.50. The lowest BCUT2D eigenvalue weighted by Gasteiger charge is -2.59. The summed E-state index contributed by atoms with van der Waals surface area (Å²) in [5.74, 6) is 2.46. The quantitative estimate of drug-likeness (QED) is 0.749. The number of hydrogen-bond acceptors (Lipinski definition) is 5. The maximum Gasteiger partial charge on any atom is 0.165 e. The number of piperidine rings is 1. The van der Waals surface area contributed by atoms with Crippen molar-refractivity contribution in [2.75, 3.05) is 33.4 Å². The van der Waals surface area contributed by atoms with Crippen LogP contribution in [0.15, 0.2) is 24.8 Å². The minimum absolute atomic E-state index is 0.0746. The maximum absolute atomic E-state index is 9.33. The normalized spacial score (nSPS) is 36.1. The Morgan fingerprint density at radius 2 is 2.33 bits per heavy atom. The first-order chi connectivity index (χ1) is 13.2. The van der Waals surface area contributed by atoms with Gasteiger partial charge in [-0.25, -0.2) is 0 Å². The third-order valence-electron chi connectivity index (χ3n) is 7.52. The number of nitrogens with one attached hydrogen (secondary N) is 1. The molecule has 2 aliphatic carbocycles. The van der Waals surface area contributed by atoms with Crippen LogP contribution in [-0.2, 0) is 11.8 Å². The molecule has 27 heavy (non-hydrogen) atoms. The van der Waals surface area contributed by atoms with Gasteiger partial charge in [0.2, 0.25) is 0 Å². The summed E-state index contributed by atoms with van der Waals surface area (Å²) in [5, 5.41) is 12.9. The molecule has 2 unspecified atom stereocenters. The summed E-state index contributed by atoms with van der Waals surface area (Å²) < 4.78 is 12.4. The number of rotatable bonds is 6. The number of benzene rings is 1. The second-order valence-electron chi connectivity index (χ2n) is 8.48. The van der Waals surface area contributed by atoms with E-state index in [9.17, 15) is 5.11 Å². The molecule has 5 nitrogen and oxygen atoms in total. The zero-order chi connectivity index (χ0) is 18.6. The van der Waals surface area contributed by atoms with Gasteiger partial charge in [0.15, 0.2) is 11.5 Å². The average molecular weight is 370 g/mol. The highest BCUT2D eigenvalue weighted by Crippen LogP contribution is 2.63. The van der Waals surface area contributed by atoms with Gasteiger partial charge in [0, 0.05) is 36.2 Å². The van der Waals surface area contributed by atoms with Crippen LogP contribution in [0, 0.1) is 5.92 Å².